The molecular formula is C26H8Cl6F16N2O4. The number of hydrogen-bond donors (Lipinski definition) is 2. The van der Waals surface area contributed by atoms with Gasteiger partial charge in [0.1, 0.15) is 0 Å². The van der Waals surface area contributed by atoms with E-state index in [-0.39, 0.29) is 12.1 Å². The number of fused-ring (bicyclic) bond motifs is 2. The largest absolute Gasteiger partial charge is 0.378 e. The van der Waals surface area contributed by atoms with Gasteiger partial charge >= 0.3 is 55.0 Å². The minimum absolute atomic E-state index is 0.0112. The number of anilines is 2. The smallest absolute Gasteiger partial charge is 0.320 e. The fraction of sp³-hybridized carbons (Fsp3) is 0.385. The molecule has 6 nitrogen and oxygen atoms in total. The van der Waals surface area contributed by atoms with Crippen molar-refractivity contribution < 1.29 is 89.4 Å². The molecule has 28 heteroatoms. The Labute approximate surface area is 317 Å². The van der Waals surface area contributed by atoms with Crippen molar-refractivity contribution in [3.8, 4) is 0 Å². The summed E-state index contributed by atoms with van der Waals surface area (Å²) in [6.45, 7) is 0. The molecule has 4 atom stereocenters. The van der Waals surface area contributed by atoms with Crippen LogP contribution in [0.4, 0.5) is 81.6 Å². The van der Waals surface area contributed by atoms with Crippen LogP contribution in [0.15, 0.2) is 36.4 Å². The number of carbonyl (C=O) groups excluding carboxylic acids is 4. The second-order valence-corrected chi connectivity index (χ2v) is 13.6. The van der Waals surface area contributed by atoms with Crippen LogP contribution in [0.2, 0.25) is 0 Å². The summed E-state index contributed by atoms with van der Waals surface area (Å²) in [6, 6.07) is 3.61. The number of halogens is 22. The van der Waals surface area contributed by atoms with Crippen LogP contribution < -0.4 is 10.6 Å². The van der Waals surface area contributed by atoms with Gasteiger partial charge in [-0.15, -0.1) is 0 Å². The van der Waals surface area contributed by atoms with E-state index in [2.05, 4.69) is 69.6 Å². The quantitative estimate of drug-likeness (QED) is 0.140. The van der Waals surface area contributed by atoms with Crippen molar-refractivity contribution in [2.75, 3.05) is 10.6 Å². The topological polar surface area (TPSA) is 92.3 Å². The summed E-state index contributed by atoms with van der Waals surface area (Å²) in [7, 11) is 0. The molecule has 300 valence electrons. The lowest BCUT2D eigenvalue weighted by Crippen LogP contribution is -2.67. The van der Waals surface area contributed by atoms with Crippen molar-refractivity contribution in [3.05, 3.63) is 58.7 Å². The summed E-state index contributed by atoms with van der Waals surface area (Å²) >= 11 is 25.4. The van der Waals surface area contributed by atoms with E-state index >= 15 is 0 Å². The van der Waals surface area contributed by atoms with Gasteiger partial charge in [0.2, 0.25) is 0 Å². The monoisotopic (exact) mass is 926 g/mol. The Bertz CT molecular complexity index is 1780. The first-order valence-corrected chi connectivity index (χ1v) is 15.2. The molecule has 0 fully saturated rings. The Morgan fingerprint density at radius 3 is 0.944 bits per heavy atom. The molecule has 0 aromatic heterocycles. The van der Waals surface area contributed by atoms with E-state index in [0.717, 1.165) is 34.9 Å². The SMILES string of the molecule is O=C1c2ccccc2C(=O)c2c(NC(=O)C(F)(F)C(F)(Cl)C(F)(F)C(F)(Cl)C(F)(F)Cl)ccc(NC(=O)C(F)(F)C(F)(Cl)C(F)(F)C(F)(Cl)C(F)(F)Cl)c21. The zero-order chi connectivity index (χ0) is 42.4. The highest BCUT2D eigenvalue weighted by Gasteiger charge is 2.86. The van der Waals surface area contributed by atoms with Gasteiger partial charge in [0.15, 0.2) is 11.6 Å². The number of amides is 2. The summed E-state index contributed by atoms with van der Waals surface area (Å²) in [5.41, 5.74) is -7.77. The van der Waals surface area contributed by atoms with E-state index in [0.29, 0.717) is 0 Å². The number of rotatable bonds is 12. The molecule has 0 aliphatic heterocycles. The van der Waals surface area contributed by atoms with Crippen molar-refractivity contribution in [1.82, 2.24) is 0 Å². The number of hydrogen-bond acceptors (Lipinski definition) is 4. The van der Waals surface area contributed by atoms with Gasteiger partial charge in [-0.1, -0.05) is 70.7 Å². The predicted molar refractivity (Wildman–Crippen MR) is 157 cm³/mol. The van der Waals surface area contributed by atoms with E-state index in [4.69, 9.17) is 0 Å². The molecule has 0 heterocycles. The number of benzene rings is 2. The zero-order valence-corrected chi connectivity index (χ0v) is 28.9. The summed E-state index contributed by atoms with van der Waals surface area (Å²) in [6.07, 6.45) is 0. The number of carbonyl (C=O) groups is 4. The summed E-state index contributed by atoms with van der Waals surface area (Å²) < 4.78 is 228. The summed E-state index contributed by atoms with van der Waals surface area (Å²) in [5.74, 6) is -37.5. The lowest BCUT2D eigenvalue weighted by Gasteiger charge is -2.39. The second-order valence-electron chi connectivity index (χ2n) is 10.6. The van der Waals surface area contributed by atoms with Gasteiger partial charge in [0, 0.05) is 11.1 Å². The van der Waals surface area contributed by atoms with Gasteiger partial charge in [-0.2, -0.15) is 52.7 Å². The maximum atomic E-state index is 14.9. The van der Waals surface area contributed by atoms with E-state index in [1.807, 2.05) is 0 Å². The standard InChI is InChI=1S/C26H8Cl6F16N2O4/c27-19(37,23(41,42)21(29,39)25(31,45)46)17(33,34)15(53)49-9-5-6-10(12-11(9)13(51)7-3-1-2-4-8(7)14(12)52)50-16(54)18(35,36)20(28,38)24(43,44)22(30,40)26(32,47)48/h1-6H,(H,49,53)(H,50,54). The van der Waals surface area contributed by atoms with Crippen LogP contribution in [-0.4, -0.2) is 78.3 Å². The molecule has 0 saturated heterocycles. The highest BCUT2D eigenvalue weighted by atomic mass is 35.5. The molecule has 1 aliphatic rings. The molecule has 54 heavy (non-hydrogen) atoms. The van der Waals surface area contributed by atoms with E-state index < -0.39 is 112 Å². The number of ketones is 2. The maximum absolute atomic E-state index is 14.9. The maximum Gasteiger partial charge on any atom is 0.378 e. The average molecular weight is 929 g/mol. The highest BCUT2D eigenvalue weighted by molar-refractivity contribution is 6.36. The van der Waals surface area contributed by atoms with Gasteiger partial charge < -0.3 is 10.6 Å². The molecule has 2 aromatic carbocycles. The molecule has 1 aliphatic carbocycles. The van der Waals surface area contributed by atoms with Crippen LogP contribution in [-0.2, 0) is 9.59 Å². The summed E-state index contributed by atoms with van der Waals surface area (Å²) in [5, 5.41) is -36.2. The lowest BCUT2D eigenvalue weighted by molar-refractivity contribution is -0.258. The lowest BCUT2D eigenvalue weighted by atomic mass is 9.82. The van der Waals surface area contributed by atoms with Crippen LogP contribution in [0.3, 0.4) is 0 Å². The Morgan fingerprint density at radius 2 is 0.704 bits per heavy atom. The second kappa shape index (κ2) is 13.5. The van der Waals surface area contributed by atoms with Crippen LogP contribution in [0.1, 0.15) is 31.8 Å². The Kier molecular flexibility index (Phi) is 11.4. The molecule has 0 spiro atoms. The van der Waals surface area contributed by atoms with Crippen LogP contribution in [0, 0.1) is 0 Å². The molecule has 0 saturated carbocycles. The highest BCUT2D eigenvalue weighted by Crippen LogP contribution is 2.61. The molecular weight excluding hydrogens is 921 g/mol. The Hall–Kier alpha value is -2.66. The third kappa shape index (κ3) is 6.48. The van der Waals surface area contributed by atoms with Crippen molar-refractivity contribution in [3.63, 3.8) is 0 Å². The van der Waals surface area contributed by atoms with Gasteiger partial charge in [-0.25, -0.2) is 17.6 Å². The first-order valence-electron chi connectivity index (χ1n) is 13.0. The average Bonchev–Trinajstić information content (AvgIpc) is 3.02. The molecule has 2 aromatic rings. The Balaban J connectivity index is 2.20. The fourth-order valence-corrected chi connectivity index (χ4v) is 5.29. The number of alkyl halides is 22. The van der Waals surface area contributed by atoms with Crippen molar-refractivity contribution in [2.45, 2.75) is 55.0 Å². The molecule has 0 bridgehead atoms. The molecule has 2 amide bonds. The zero-order valence-electron chi connectivity index (χ0n) is 24.4. The molecule has 4 unspecified atom stereocenters. The minimum Gasteiger partial charge on any atom is -0.320 e. The number of nitrogens with one attached hydrogen (secondary N) is 2. The van der Waals surface area contributed by atoms with E-state index in [1.165, 1.54) is 0 Å². The van der Waals surface area contributed by atoms with Crippen molar-refractivity contribution >= 4 is 104 Å². The molecule has 2 N–H and O–H groups in total. The van der Waals surface area contributed by atoms with E-state index in [1.54, 1.807) is 0 Å². The van der Waals surface area contributed by atoms with Crippen LogP contribution in [0.5, 0.6) is 0 Å². The first kappa shape index (κ1) is 45.7. The van der Waals surface area contributed by atoms with Crippen LogP contribution >= 0.6 is 69.6 Å². The van der Waals surface area contributed by atoms with Crippen LogP contribution in [0.25, 0.3) is 0 Å². The van der Waals surface area contributed by atoms with Gasteiger partial charge in [0.05, 0.1) is 22.5 Å². The third-order valence-electron chi connectivity index (χ3n) is 7.22. The van der Waals surface area contributed by atoms with Gasteiger partial charge in [0.25, 0.3) is 11.8 Å². The van der Waals surface area contributed by atoms with Gasteiger partial charge in [-0.3, -0.25) is 19.2 Å². The Morgan fingerprint density at radius 1 is 0.444 bits per heavy atom. The van der Waals surface area contributed by atoms with Crippen molar-refractivity contribution in [2.24, 2.45) is 0 Å². The fourth-order valence-electron chi connectivity index (χ4n) is 4.26. The first-order chi connectivity index (χ1) is 23.8. The summed E-state index contributed by atoms with van der Waals surface area (Å²) in [4.78, 5) is 51.7. The van der Waals surface area contributed by atoms with E-state index in [9.17, 15) is 89.4 Å². The minimum atomic E-state index is -7.01. The predicted octanol–water partition coefficient (Wildman–Crippen LogP) is 10.2. The van der Waals surface area contributed by atoms with Gasteiger partial charge in [-0.05, 0) is 35.3 Å². The van der Waals surface area contributed by atoms with Crippen molar-refractivity contribution in [1.29, 1.82) is 0 Å². The molecule has 0 radical (unpaired) electrons. The molecule has 3 rings (SSSR count). The normalized spacial score (nSPS) is 19.0. The third-order valence-corrected chi connectivity index (χ3v) is 9.83.